The largest absolute Gasteiger partial charge is 0.497 e. The van der Waals surface area contributed by atoms with E-state index in [1.54, 1.807) is 18.2 Å². The standard InChI is InChI=1S/C16H22N2O5/c1-4-18-5-6-23-16(20)14(18)10-15(19)17-11-7-12(21-2)9-13(8-11)22-3/h7-9,14H,4-6,10H2,1-3H3,(H,17,19)/t14-/m0/s1. The smallest absolute Gasteiger partial charge is 0.323 e. The van der Waals surface area contributed by atoms with Crippen molar-refractivity contribution in [2.75, 3.05) is 39.2 Å². The van der Waals surface area contributed by atoms with Gasteiger partial charge in [-0.25, -0.2) is 0 Å². The molecule has 1 saturated heterocycles. The molecule has 0 bridgehead atoms. The second kappa shape index (κ2) is 7.82. The molecule has 1 heterocycles. The number of cyclic esters (lactones) is 1. The Morgan fingerprint density at radius 1 is 1.30 bits per heavy atom. The molecule has 1 aliphatic rings. The van der Waals surface area contributed by atoms with E-state index in [2.05, 4.69) is 5.32 Å². The zero-order valence-corrected chi connectivity index (χ0v) is 13.6. The van der Waals surface area contributed by atoms with Gasteiger partial charge in [-0.2, -0.15) is 0 Å². The average Bonchev–Trinajstić information content (AvgIpc) is 2.56. The van der Waals surface area contributed by atoms with Crippen molar-refractivity contribution in [3.63, 3.8) is 0 Å². The zero-order chi connectivity index (χ0) is 16.8. The average molecular weight is 322 g/mol. The number of nitrogens with one attached hydrogen (secondary N) is 1. The van der Waals surface area contributed by atoms with E-state index in [4.69, 9.17) is 14.2 Å². The Bertz CT molecular complexity index is 553. The molecule has 126 valence electrons. The number of hydrogen-bond donors (Lipinski definition) is 1. The number of morpholine rings is 1. The highest BCUT2D eigenvalue weighted by molar-refractivity contribution is 5.94. The fourth-order valence-electron chi connectivity index (χ4n) is 2.52. The SMILES string of the molecule is CCN1CCOC(=O)[C@@H]1CC(=O)Nc1cc(OC)cc(OC)c1. The maximum atomic E-state index is 12.3. The zero-order valence-electron chi connectivity index (χ0n) is 13.6. The third-order valence-corrected chi connectivity index (χ3v) is 3.76. The van der Waals surface area contributed by atoms with E-state index < -0.39 is 6.04 Å². The van der Waals surface area contributed by atoms with Gasteiger partial charge in [-0.3, -0.25) is 14.5 Å². The number of methoxy groups -OCH3 is 2. The van der Waals surface area contributed by atoms with Gasteiger partial charge in [-0.05, 0) is 6.54 Å². The Hall–Kier alpha value is -2.28. The van der Waals surface area contributed by atoms with E-state index in [1.807, 2.05) is 11.8 Å². The molecule has 7 heteroatoms. The van der Waals surface area contributed by atoms with Crippen LogP contribution in [0.25, 0.3) is 0 Å². The molecule has 0 radical (unpaired) electrons. The van der Waals surface area contributed by atoms with Crippen LogP contribution in [0.15, 0.2) is 18.2 Å². The topological polar surface area (TPSA) is 77.1 Å². The molecule has 23 heavy (non-hydrogen) atoms. The molecule has 1 aliphatic heterocycles. The van der Waals surface area contributed by atoms with Gasteiger partial charge < -0.3 is 19.5 Å². The number of anilines is 1. The Labute approximate surface area is 135 Å². The summed E-state index contributed by atoms with van der Waals surface area (Å²) in [7, 11) is 3.08. The molecule has 7 nitrogen and oxygen atoms in total. The van der Waals surface area contributed by atoms with Gasteiger partial charge in [-0.1, -0.05) is 6.92 Å². The summed E-state index contributed by atoms with van der Waals surface area (Å²) in [4.78, 5) is 26.1. The predicted molar refractivity (Wildman–Crippen MR) is 84.8 cm³/mol. The van der Waals surface area contributed by atoms with Crippen molar-refractivity contribution in [3.05, 3.63) is 18.2 Å². The summed E-state index contributed by atoms with van der Waals surface area (Å²) in [5, 5.41) is 2.77. The molecule has 1 amide bonds. The summed E-state index contributed by atoms with van der Waals surface area (Å²) in [5.41, 5.74) is 0.554. The van der Waals surface area contributed by atoms with Gasteiger partial charge in [0, 0.05) is 30.4 Å². The van der Waals surface area contributed by atoms with Crippen molar-refractivity contribution in [3.8, 4) is 11.5 Å². The minimum absolute atomic E-state index is 0.0478. The molecule has 2 rings (SSSR count). The molecule has 1 fully saturated rings. The molecular formula is C16H22N2O5. The minimum atomic E-state index is -0.541. The number of carbonyl (C=O) groups excluding carboxylic acids is 2. The van der Waals surface area contributed by atoms with E-state index in [9.17, 15) is 9.59 Å². The summed E-state index contributed by atoms with van der Waals surface area (Å²) in [5.74, 6) is 0.540. The van der Waals surface area contributed by atoms with Gasteiger partial charge >= 0.3 is 5.97 Å². The van der Waals surface area contributed by atoms with Crippen LogP contribution in [0.3, 0.4) is 0 Å². The molecule has 0 aliphatic carbocycles. The van der Waals surface area contributed by atoms with Gasteiger partial charge in [0.1, 0.15) is 24.1 Å². The highest BCUT2D eigenvalue weighted by Gasteiger charge is 2.32. The van der Waals surface area contributed by atoms with E-state index in [1.165, 1.54) is 14.2 Å². The molecule has 1 aromatic rings. The van der Waals surface area contributed by atoms with Crippen LogP contribution in [0.5, 0.6) is 11.5 Å². The molecule has 0 aromatic heterocycles. The number of benzene rings is 1. The summed E-state index contributed by atoms with van der Waals surface area (Å²) in [6, 6.07) is 4.56. The predicted octanol–water partition coefficient (Wildman–Crippen LogP) is 1.28. The molecule has 1 aromatic carbocycles. The number of likely N-dealkylation sites (N-methyl/N-ethyl adjacent to an activating group) is 1. The Morgan fingerprint density at radius 2 is 1.96 bits per heavy atom. The summed E-state index contributed by atoms with van der Waals surface area (Å²) < 4.78 is 15.4. The van der Waals surface area contributed by atoms with Gasteiger partial charge in [0.15, 0.2) is 0 Å². The maximum Gasteiger partial charge on any atom is 0.323 e. The first-order valence-electron chi connectivity index (χ1n) is 7.51. The molecule has 1 atom stereocenters. The van der Waals surface area contributed by atoms with Crippen LogP contribution in [0, 0.1) is 0 Å². The summed E-state index contributed by atoms with van der Waals surface area (Å²) in [6.07, 6.45) is 0.0478. The van der Waals surface area contributed by atoms with E-state index in [0.29, 0.717) is 36.9 Å². The summed E-state index contributed by atoms with van der Waals surface area (Å²) in [6.45, 7) is 3.67. The fourth-order valence-corrected chi connectivity index (χ4v) is 2.52. The molecule has 0 saturated carbocycles. The lowest BCUT2D eigenvalue weighted by Crippen LogP contribution is -2.50. The van der Waals surface area contributed by atoms with Crippen molar-refractivity contribution in [1.82, 2.24) is 4.90 Å². The number of nitrogens with zero attached hydrogens (tertiary/aromatic N) is 1. The number of ether oxygens (including phenoxy) is 3. The first-order valence-corrected chi connectivity index (χ1v) is 7.51. The molecule has 0 unspecified atom stereocenters. The van der Waals surface area contributed by atoms with Crippen LogP contribution in [-0.4, -0.2) is 56.7 Å². The van der Waals surface area contributed by atoms with Gasteiger partial charge in [-0.15, -0.1) is 0 Å². The van der Waals surface area contributed by atoms with Crippen LogP contribution in [0.1, 0.15) is 13.3 Å². The second-order valence-electron chi connectivity index (χ2n) is 5.17. The van der Waals surface area contributed by atoms with Crippen molar-refractivity contribution in [2.24, 2.45) is 0 Å². The molecular weight excluding hydrogens is 300 g/mol. The van der Waals surface area contributed by atoms with E-state index in [-0.39, 0.29) is 18.3 Å². The molecule has 0 spiro atoms. The lowest BCUT2D eigenvalue weighted by Gasteiger charge is -2.32. The third-order valence-electron chi connectivity index (χ3n) is 3.76. The van der Waals surface area contributed by atoms with Crippen molar-refractivity contribution in [1.29, 1.82) is 0 Å². The Morgan fingerprint density at radius 3 is 2.52 bits per heavy atom. The number of hydrogen-bond acceptors (Lipinski definition) is 6. The van der Waals surface area contributed by atoms with Crippen LogP contribution in [-0.2, 0) is 14.3 Å². The highest BCUT2D eigenvalue weighted by Crippen LogP contribution is 2.26. The number of esters is 1. The van der Waals surface area contributed by atoms with Crippen LogP contribution >= 0.6 is 0 Å². The Balaban J connectivity index is 2.05. The first kappa shape index (κ1) is 17.1. The van der Waals surface area contributed by atoms with Gasteiger partial charge in [0.2, 0.25) is 5.91 Å². The van der Waals surface area contributed by atoms with E-state index >= 15 is 0 Å². The van der Waals surface area contributed by atoms with Crippen LogP contribution in [0.4, 0.5) is 5.69 Å². The second-order valence-corrected chi connectivity index (χ2v) is 5.17. The van der Waals surface area contributed by atoms with Crippen molar-refractivity contribution in [2.45, 2.75) is 19.4 Å². The third kappa shape index (κ3) is 4.35. The highest BCUT2D eigenvalue weighted by atomic mass is 16.5. The first-order chi connectivity index (χ1) is 11.1. The maximum absolute atomic E-state index is 12.3. The fraction of sp³-hybridized carbons (Fsp3) is 0.500. The van der Waals surface area contributed by atoms with Crippen molar-refractivity contribution >= 4 is 17.6 Å². The van der Waals surface area contributed by atoms with Crippen molar-refractivity contribution < 1.29 is 23.8 Å². The monoisotopic (exact) mass is 322 g/mol. The van der Waals surface area contributed by atoms with Gasteiger partial charge in [0.05, 0.1) is 20.6 Å². The number of carbonyl (C=O) groups is 2. The van der Waals surface area contributed by atoms with Crippen LogP contribution in [0.2, 0.25) is 0 Å². The normalized spacial score (nSPS) is 18.2. The summed E-state index contributed by atoms with van der Waals surface area (Å²) >= 11 is 0. The quantitative estimate of drug-likeness (QED) is 0.795. The minimum Gasteiger partial charge on any atom is -0.497 e. The van der Waals surface area contributed by atoms with Crippen LogP contribution < -0.4 is 14.8 Å². The van der Waals surface area contributed by atoms with E-state index in [0.717, 1.165) is 0 Å². The lowest BCUT2D eigenvalue weighted by molar-refractivity contribution is -0.158. The van der Waals surface area contributed by atoms with Gasteiger partial charge in [0.25, 0.3) is 0 Å². The number of amides is 1. The Kier molecular flexibility index (Phi) is 5.81. The molecule has 1 N–H and O–H groups in total. The lowest BCUT2D eigenvalue weighted by atomic mass is 10.1. The number of rotatable bonds is 6.